The number of amides is 1. The minimum Gasteiger partial charge on any atom is -0.366 e. The Hall–Kier alpha value is -3.93. The van der Waals surface area contributed by atoms with Gasteiger partial charge in [0, 0.05) is 41.1 Å². The Morgan fingerprint density at radius 1 is 0.926 bits per heavy atom. The van der Waals surface area contributed by atoms with Gasteiger partial charge in [-0.3, -0.25) is 4.79 Å². The molecule has 0 fully saturated rings. The van der Waals surface area contributed by atoms with E-state index in [0.29, 0.717) is 11.5 Å². The van der Waals surface area contributed by atoms with E-state index in [1.807, 2.05) is 59.4 Å². The van der Waals surface area contributed by atoms with Gasteiger partial charge in [0.25, 0.3) is 0 Å². The Morgan fingerprint density at radius 2 is 1.63 bits per heavy atom. The molecular formula is C21H17N5O. The van der Waals surface area contributed by atoms with Gasteiger partial charge in [0.1, 0.15) is 0 Å². The Bertz CT molecular complexity index is 1050. The summed E-state index contributed by atoms with van der Waals surface area (Å²) in [6, 6.07) is 20.9. The van der Waals surface area contributed by atoms with Crippen LogP contribution < -0.4 is 11.1 Å². The van der Waals surface area contributed by atoms with Crippen molar-refractivity contribution >= 4 is 17.5 Å². The first-order valence-electron chi connectivity index (χ1n) is 8.43. The van der Waals surface area contributed by atoms with Crippen molar-refractivity contribution in [1.82, 2.24) is 14.5 Å². The summed E-state index contributed by atoms with van der Waals surface area (Å²) >= 11 is 0. The van der Waals surface area contributed by atoms with Crippen molar-refractivity contribution in [3.05, 3.63) is 90.9 Å². The zero-order chi connectivity index (χ0) is 18.6. The minimum absolute atomic E-state index is 0.455. The fraction of sp³-hybridized carbons (Fsp3) is 0. The van der Waals surface area contributed by atoms with Crippen LogP contribution in [0.3, 0.4) is 0 Å². The zero-order valence-electron chi connectivity index (χ0n) is 14.4. The highest BCUT2D eigenvalue weighted by atomic mass is 16.1. The molecule has 2 aromatic heterocycles. The average molecular weight is 355 g/mol. The van der Waals surface area contributed by atoms with Crippen molar-refractivity contribution in [3.8, 4) is 16.9 Å². The summed E-state index contributed by atoms with van der Waals surface area (Å²) in [5, 5.41) is 3.14. The highest BCUT2D eigenvalue weighted by Crippen LogP contribution is 2.21. The van der Waals surface area contributed by atoms with Gasteiger partial charge in [0.2, 0.25) is 11.9 Å². The molecule has 0 saturated carbocycles. The van der Waals surface area contributed by atoms with Crippen LogP contribution in [0.1, 0.15) is 10.4 Å². The van der Waals surface area contributed by atoms with E-state index in [4.69, 9.17) is 5.73 Å². The Balaban J connectivity index is 1.54. The Morgan fingerprint density at radius 3 is 2.30 bits per heavy atom. The number of anilines is 2. The van der Waals surface area contributed by atoms with Gasteiger partial charge in [-0.05, 0) is 54.6 Å². The van der Waals surface area contributed by atoms with Gasteiger partial charge in [-0.25, -0.2) is 9.97 Å². The molecule has 0 unspecified atom stereocenters. The number of carbonyl (C=O) groups is 1. The number of hydrogen-bond donors (Lipinski definition) is 2. The van der Waals surface area contributed by atoms with Crippen molar-refractivity contribution < 1.29 is 4.79 Å². The van der Waals surface area contributed by atoms with Crippen molar-refractivity contribution in [2.24, 2.45) is 5.73 Å². The number of benzene rings is 2. The summed E-state index contributed by atoms with van der Waals surface area (Å²) in [7, 11) is 0. The van der Waals surface area contributed by atoms with E-state index in [1.165, 1.54) is 0 Å². The largest absolute Gasteiger partial charge is 0.366 e. The molecule has 6 nitrogen and oxygen atoms in total. The van der Waals surface area contributed by atoms with Crippen molar-refractivity contribution in [2.75, 3.05) is 5.32 Å². The van der Waals surface area contributed by atoms with Crippen molar-refractivity contribution in [1.29, 1.82) is 0 Å². The van der Waals surface area contributed by atoms with E-state index in [-0.39, 0.29) is 0 Å². The first-order chi connectivity index (χ1) is 13.2. The van der Waals surface area contributed by atoms with Crippen LogP contribution in [0, 0.1) is 0 Å². The van der Waals surface area contributed by atoms with Crippen molar-refractivity contribution in [2.45, 2.75) is 0 Å². The highest BCUT2D eigenvalue weighted by molar-refractivity contribution is 5.93. The molecule has 0 bridgehead atoms. The lowest BCUT2D eigenvalue weighted by molar-refractivity contribution is 0.100. The molecule has 2 aromatic carbocycles. The van der Waals surface area contributed by atoms with Crippen molar-refractivity contribution in [3.63, 3.8) is 0 Å². The maximum Gasteiger partial charge on any atom is 0.248 e. The number of nitrogens with zero attached hydrogens (tertiary/aromatic N) is 3. The summed E-state index contributed by atoms with van der Waals surface area (Å²) in [5.74, 6) is 0.0250. The molecule has 0 aliphatic rings. The van der Waals surface area contributed by atoms with Crippen LogP contribution in [0.5, 0.6) is 0 Å². The van der Waals surface area contributed by atoms with E-state index in [9.17, 15) is 4.79 Å². The number of primary amides is 1. The SMILES string of the molecule is NC(=O)c1ccc(Nc2nccc(-c3ccc(-n4cccc4)cc3)n2)cc1. The van der Waals surface area contributed by atoms with Crippen LogP contribution in [0.15, 0.2) is 85.3 Å². The van der Waals surface area contributed by atoms with Gasteiger partial charge in [-0.1, -0.05) is 12.1 Å². The number of hydrogen-bond acceptors (Lipinski definition) is 4. The lowest BCUT2D eigenvalue weighted by Gasteiger charge is -2.08. The summed E-state index contributed by atoms with van der Waals surface area (Å²) in [6.07, 6.45) is 5.72. The van der Waals surface area contributed by atoms with E-state index < -0.39 is 5.91 Å². The lowest BCUT2D eigenvalue weighted by atomic mass is 10.1. The molecule has 27 heavy (non-hydrogen) atoms. The normalized spacial score (nSPS) is 10.5. The Labute approximate surface area is 156 Å². The van der Waals surface area contributed by atoms with Gasteiger partial charge >= 0.3 is 0 Å². The number of aromatic nitrogens is 3. The fourth-order valence-electron chi connectivity index (χ4n) is 2.74. The topological polar surface area (TPSA) is 85.8 Å². The molecule has 4 rings (SSSR count). The van der Waals surface area contributed by atoms with Gasteiger partial charge in [-0.2, -0.15) is 0 Å². The summed E-state index contributed by atoms with van der Waals surface area (Å²) < 4.78 is 2.05. The van der Waals surface area contributed by atoms with Crippen LogP contribution in [-0.4, -0.2) is 20.4 Å². The molecule has 3 N–H and O–H groups in total. The molecule has 4 aromatic rings. The number of nitrogens with two attached hydrogens (primary N) is 1. The maximum atomic E-state index is 11.1. The second-order valence-corrected chi connectivity index (χ2v) is 5.97. The molecular weight excluding hydrogens is 338 g/mol. The lowest BCUT2D eigenvalue weighted by Crippen LogP contribution is -2.10. The van der Waals surface area contributed by atoms with E-state index >= 15 is 0 Å². The second kappa shape index (κ2) is 7.13. The molecule has 0 aliphatic carbocycles. The predicted octanol–water partition coefficient (Wildman–Crippen LogP) is 3.78. The first-order valence-corrected chi connectivity index (χ1v) is 8.43. The zero-order valence-corrected chi connectivity index (χ0v) is 14.4. The average Bonchev–Trinajstić information content (AvgIpc) is 3.24. The predicted molar refractivity (Wildman–Crippen MR) is 105 cm³/mol. The number of nitrogens with one attached hydrogen (secondary N) is 1. The third-order valence-electron chi connectivity index (χ3n) is 4.15. The minimum atomic E-state index is -0.455. The van der Waals surface area contributed by atoms with Crippen LogP contribution in [0.25, 0.3) is 16.9 Å². The number of carbonyl (C=O) groups excluding carboxylic acids is 1. The van der Waals surface area contributed by atoms with Crippen LogP contribution in [0.4, 0.5) is 11.6 Å². The van der Waals surface area contributed by atoms with Gasteiger partial charge in [0.05, 0.1) is 5.69 Å². The first kappa shape index (κ1) is 16.5. The monoisotopic (exact) mass is 355 g/mol. The van der Waals surface area contributed by atoms with Gasteiger partial charge < -0.3 is 15.6 Å². The van der Waals surface area contributed by atoms with Gasteiger partial charge in [-0.15, -0.1) is 0 Å². The third kappa shape index (κ3) is 3.69. The molecule has 1 amide bonds. The smallest absolute Gasteiger partial charge is 0.248 e. The van der Waals surface area contributed by atoms with E-state index in [2.05, 4.69) is 15.3 Å². The van der Waals surface area contributed by atoms with Crippen LogP contribution in [-0.2, 0) is 0 Å². The molecule has 6 heteroatoms. The highest BCUT2D eigenvalue weighted by Gasteiger charge is 2.05. The summed E-state index contributed by atoms with van der Waals surface area (Å²) in [6.45, 7) is 0. The van der Waals surface area contributed by atoms with Crippen LogP contribution >= 0.6 is 0 Å². The molecule has 0 saturated heterocycles. The van der Waals surface area contributed by atoms with E-state index in [0.717, 1.165) is 22.6 Å². The standard InChI is InChI=1S/C21H17N5O/c22-20(27)16-3-7-17(8-4-16)24-21-23-12-11-19(25-21)15-5-9-18(10-6-15)26-13-1-2-14-26/h1-14H,(H2,22,27)(H,23,24,25). The van der Waals surface area contributed by atoms with E-state index in [1.54, 1.807) is 30.5 Å². The maximum absolute atomic E-state index is 11.1. The summed E-state index contributed by atoms with van der Waals surface area (Å²) in [4.78, 5) is 20.0. The fourth-order valence-corrected chi connectivity index (χ4v) is 2.74. The molecule has 132 valence electrons. The Kier molecular flexibility index (Phi) is 4.37. The summed E-state index contributed by atoms with van der Waals surface area (Å²) in [5.41, 5.74) is 9.40. The third-order valence-corrected chi connectivity index (χ3v) is 4.15. The number of rotatable bonds is 5. The van der Waals surface area contributed by atoms with Gasteiger partial charge in [0.15, 0.2) is 0 Å². The molecule has 0 atom stereocenters. The molecule has 0 radical (unpaired) electrons. The second-order valence-electron chi connectivity index (χ2n) is 5.97. The van der Waals surface area contributed by atoms with Crippen LogP contribution in [0.2, 0.25) is 0 Å². The molecule has 0 aliphatic heterocycles. The quantitative estimate of drug-likeness (QED) is 0.570. The molecule has 2 heterocycles. The molecule has 0 spiro atoms.